The summed E-state index contributed by atoms with van der Waals surface area (Å²) >= 11 is 0. The molecule has 0 aromatic heterocycles. The van der Waals surface area contributed by atoms with E-state index in [9.17, 15) is 27.6 Å². The first-order chi connectivity index (χ1) is 14.2. The predicted molar refractivity (Wildman–Crippen MR) is 108 cm³/mol. The summed E-state index contributed by atoms with van der Waals surface area (Å²) in [5.41, 5.74) is -0.844. The molecule has 2 rings (SSSR count). The van der Waals surface area contributed by atoms with E-state index < -0.39 is 43.4 Å². The van der Waals surface area contributed by atoms with E-state index in [0.29, 0.717) is 0 Å². The van der Waals surface area contributed by atoms with Crippen molar-refractivity contribution >= 4 is 13.6 Å². The molecule has 0 radical (unpaired) electrons. The van der Waals surface area contributed by atoms with E-state index in [0.717, 1.165) is 12.1 Å². The number of alkyl halides is 3. The quantitative estimate of drug-likeness (QED) is 0.594. The van der Waals surface area contributed by atoms with E-state index in [4.69, 9.17) is 9.05 Å². The highest BCUT2D eigenvalue weighted by molar-refractivity contribution is 7.58. The maximum absolute atomic E-state index is 13.9. The zero-order valence-corrected chi connectivity index (χ0v) is 19.1. The second kappa shape index (κ2) is 9.18. The molecule has 1 aromatic carbocycles. The molecule has 1 aromatic rings. The second-order valence-corrected chi connectivity index (χ2v) is 9.72. The number of rotatable bonds is 7. The average Bonchev–Trinajstić information content (AvgIpc) is 2.58. The molecule has 6 nitrogen and oxygen atoms in total. The number of carboxylic acid groups (broad SMARTS) is 1. The van der Waals surface area contributed by atoms with Crippen molar-refractivity contribution in [1.82, 2.24) is 5.32 Å². The van der Waals surface area contributed by atoms with Crippen LogP contribution in [0.4, 0.5) is 13.2 Å². The van der Waals surface area contributed by atoms with Crippen LogP contribution in [-0.4, -0.2) is 18.2 Å². The van der Waals surface area contributed by atoms with Gasteiger partial charge in [-0.3, -0.25) is 4.57 Å². The Morgan fingerprint density at radius 3 is 2.10 bits per heavy atom. The van der Waals surface area contributed by atoms with Crippen LogP contribution in [-0.2, 0) is 24.6 Å². The van der Waals surface area contributed by atoms with Crippen molar-refractivity contribution < 1.29 is 36.7 Å². The Hall–Kier alpha value is -2.09. The first-order valence-corrected chi connectivity index (χ1v) is 11.3. The zero-order valence-electron chi connectivity index (χ0n) is 18.2. The normalized spacial score (nSPS) is 18.1. The van der Waals surface area contributed by atoms with Gasteiger partial charge in [-0.05, 0) is 53.2 Å². The minimum absolute atomic E-state index is 0.0100. The van der Waals surface area contributed by atoms with E-state index in [2.05, 4.69) is 5.32 Å². The third kappa shape index (κ3) is 5.59. The molecule has 0 saturated carbocycles. The number of aliphatic carboxylic acids is 1. The Bertz CT molecular complexity index is 952. The minimum Gasteiger partial charge on any atom is -0.545 e. The van der Waals surface area contributed by atoms with Crippen LogP contribution in [0.25, 0.3) is 0 Å². The van der Waals surface area contributed by atoms with E-state index >= 15 is 0 Å². The van der Waals surface area contributed by atoms with Gasteiger partial charge < -0.3 is 24.3 Å². The van der Waals surface area contributed by atoms with Crippen LogP contribution in [0.15, 0.2) is 46.5 Å². The summed E-state index contributed by atoms with van der Waals surface area (Å²) < 4.78 is 65.3. The summed E-state index contributed by atoms with van der Waals surface area (Å²) in [4.78, 5) is 12.0. The first kappa shape index (κ1) is 25.2. The maximum Gasteiger partial charge on any atom is 0.416 e. The highest BCUT2D eigenvalue weighted by atomic mass is 31.2. The number of halogens is 3. The Kier molecular flexibility index (Phi) is 7.46. The fourth-order valence-electron chi connectivity index (χ4n) is 3.53. The molecule has 1 N–H and O–H groups in total. The van der Waals surface area contributed by atoms with Gasteiger partial charge in [0.25, 0.3) is 0 Å². The van der Waals surface area contributed by atoms with Crippen LogP contribution in [0.3, 0.4) is 0 Å². The smallest absolute Gasteiger partial charge is 0.416 e. The SMILES string of the molecule is CC1=C(C(=O)[O-])C(c2cccc(C(F)(F)F)c2)C(P(=O)(OC(C)C)OC(C)C)=C(C)N1. The summed E-state index contributed by atoms with van der Waals surface area (Å²) in [7, 11) is -4.13. The molecule has 1 aliphatic heterocycles. The lowest BCUT2D eigenvalue weighted by molar-refractivity contribution is -0.299. The largest absolute Gasteiger partial charge is 0.545 e. The molecule has 1 unspecified atom stereocenters. The van der Waals surface area contributed by atoms with Crippen molar-refractivity contribution in [3.8, 4) is 0 Å². The topological polar surface area (TPSA) is 87.7 Å². The van der Waals surface area contributed by atoms with E-state index in [1.54, 1.807) is 34.6 Å². The molecule has 0 bridgehead atoms. The molecular formula is C21H26F3NO5P-. The molecule has 1 aliphatic rings. The highest BCUT2D eigenvalue weighted by Crippen LogP contribution is 2.65. The van der Waals surface area contributed by atoms with Gasteiger partial charge in [0.05, 0.1) is 29.1 Å². The molecule has 10 heteroatoms. The summed E-state index contributed by atoms with van der Waals surface area (Å²) in [6, 6.07) is 4.25. The molecule has 0 spiro atoms. The summed E-state index contributed by atoms with van der Waals surface area (Å²) in [6.45, 7) is 9.52. The Morgan fingerprint density at radius 2 is 1.65 bits per heavy atom. The van der Waals surface area contributed by atoms with Crippen molar-refractivity contribution in [1.29, 1.82) is 0 Å². The zero-order chi connectivity index (χ0) is 23.7. The number of hydrogen-bond acceptors (Lipinski definition) is 6. The third-order valence-corrected chi connectivity index (χ3v) is 7.07. The van der Waals surface area contributed by atoms with Crippen LogP contribution < -0.4 is 10.4 Å². The lowest BCUT2D eigenvalue weighted by Crippen LogP contribution is -2.35. The Labute approximate surface area is 179 Å². The highest BCUT2D eigenvalue weighted by Gasteiger charge is 2.44. The van der Waals surface area contributed by atoms with E-state index in [1.165, 1.54) is 19.1 Å². The van der Waals surface area contributed by atoms with Gasteiger partial charge in [0.1, 0.15) is 0 Å². The van der Waals surface area contributed by atoms with E-state index in [1.807, 2.05) is 0 Å². The number of hydrogen-bond donors (Lipinski definition) is 1. The molecule has 0 fully saturated rings. The fourth-order valence-corrected chi connectivity index (χ4v) is 5.98. The number of carboxylic acids is 1. The standard InChI is InChI=1S/C21H27F3NO5P/c1-11(2)29-31(28,30-12(3)4)19-14(6)25-13(5)17(20(26)27)18(19)15-8-7-9-16(10-15)21(22,23)24/h7-12,18,25H,1-6H3,(H,26,27)/p-1. The van der Waals surface area contributed by atoms with Crippen molar-refractivity contribution in [3.63, 3.8) is 0 Å². The molecule has 172 valence electrons. The molecule has 0 amide bonds. The third-order valence-electron chi connectivity index (χ3n) is 4.49. The number of allylic oxidation sites excluding steroid dienone is 3. The van der Waals surface area contributed by atoms with Crippen molar-refractivity contribution in [3.05, 3.63) is 57.7 Å². The van der Waals surface area contributed by atoms with Crippen molar-refractivity contribution in [2.24, 2.45) is 0 Å². The van der Waals surface area contributed by atoms with Gasteiger partial charge in [-0.25, -0.2) is 0 Å². The number of carbonyl (C=O) groups is 1. The molecule has 1 atom stereocenters. The lowest BCUT2D eigenvalue weighted by atomic mass is 9.86. The molecule has 31 heavy (non-hydrogen) atoms. The molecular weight excluding hydrogens is 434 g/mol. The molecule has 1 heterocycles. The Morgan fingerprint density at radius 1 is 1.10 bits per heavy atom. The van der Waals surface area contributed by atoms with Crippen molar-refractivity contribution in [2.45, 2.75) is 65.8 Å². The Balaban J connectivity index is 2.83. The van der Waals surface area contributed by atoms with Crippen LogP contribution in [0.1, 0.15) is 58.6 Å². The van der Waals surface area contributed by atoms with E-state index in [-0.39, 0.29) is 27.8 Å². The molecule has 0 saturated heterocycles. The number of benzene rings is 1. The van der Waals surface area contributed by atoms with Crippen LogP contribution in [0.2, 0.25) is 0 Å². The average molecular weight is 460 g/mol. The molecule has 0 aliphatic carbocycles. The van der Waals surface area contributed by atoms with Gasteiger partial charge in [0.2, 0.25) is 0 Å². The summed E-state index contributed by atoms with van der Waals surface area (Å²) in [5, 5.41) is 14.8. The first-order valence-electron chi connectivity index (χ1n) is 9.71. The van der Waals surface area contributed by atoms with Gasteiger partial charge >= 0.3 is 13.8 Å². The number of dihydropyridines is 1. The monoisotopic (exact) mass is 460 g/mol. The second-order valence-electron chi connectivity index (χ2n) is 7.82. The minimum atomic E-state index is -4.64. The lowest BCUT2D eigenvalue weighted by Gasteiger charge is -2.37. The van der Waals surface area contributed by atoms with Gasteiger partial charge in [-0.2, -0.15) is 13.2 Å². The van der Waals surface area contributed by atoms with Gasteiger partial charge in [-0.15, -0.1) is 0 Å². The number of carbonyl (C=O) groups excluding carboxylic acids is 1. The summed E-state index contributed by atoms with van der Waals surface area (Å²) in [5.74, 6) is -2.92. The van der Waals surface area contributed by atoms with Crippen molar-refractivity contribution in [2.75, 3.05) is 0 Å². The van der Waals surface area contributed by atoms with Gasteiger partial charge in [0.15, 0.2) is 0 Å². The van der Waals surface area contributed by atoms with Crippen LogP contribution in [0, 0.1) is 0 Å². The summed E-state index contributed by atoms with van der Waals surface area (Å²) in [6.07, 6.45) is -5.77. The van der Waals surface area contributed by atoms with Gasteiger partial charge in [-0.1, -0.05) is 18.2 Å². The predicted octanol–water partition coefficient (Wildman–Crippen LogP) is 4.69. The van der Waals surface area contributed by atoms with Gasteiger partial charge in [0, 0.05) is 22.9 Å². The number of nitrogens with one attached hydrogen (secondary N) is 1. The van der Waals surface area contributed by atoms with Crippen LogP contribution >= 0.6 is 7.60 Å². The maximum atomic E-state index is 13.9. The van der Waals surface area contributed by atoms with Crippen LogP contribution in [0.5, 0.6) is 0 Å². The fraction of sp³-hybridized carbons (Fsp3) is 0.476.